The van der Waals surface area contributed by atoms with E-state index in [9.17, 15) is 28.1 Å². The second kappa shape index (κ2) is 8.59. The molecule has 9 heteroatoms. The first-order valence-electron chi connectivity index (χ1n) is 10.1. The summed E-state index contributed by atoms with van der Waals surface area (Å²) in [6, 6.07) is 2.90. The van der Waals surface area contributed by atoms with Gasteiger partial charge < -0.3 is 9.80 Å². The van der Waals surface area contributed by atoms with Crippen LogP contribution >= 0.6 is 0 Å². The van der Waals surface area contributed by atoms with Crippen molar-refractivity contribution in [3.63, 3.8) is 0 Å². The number of nitro benzene ring substituents is 1. The van der Waals surface area contributed by atoms with Crippen LogP contribution in [-0.2, 0) is 11.0 Å². The van der Waals surface area contributed by atoms with Gasteiger partial charge >= 0.3 is 6.18 Å². The first-order valence-corrected chi connectivity index (χ1v) is 10.1. The maximum atomic E-state index is 12.9. The highest BCUT2D eigenvalue weighted by atomic mass is 19.4. The second-order valence-electron chi connectivity index (χ2n) is 7.96. The first-order chi connectivity index (χ1) is 13.7. The number of nitrogens with zero attached hydrogens (tertiary/aromatic N) is 3. The van der Waals surface area contributed by atoms with E-state index in [0.717, 1.165) is 37.8 Å². The van der Waals surface area contributed by atoms with Crippen molar-refractivity contribution < 1.29 is 22.9 Å². The van der Waals surface area contributed by atoms with Crippen LogP contribution in [0.1, 0.15) is 50.5 Å². The third kappa shape index (κ3) is 4.82. The molecule has 0 radical (unpaired) electrons. The monoisotopic (exact) mass is 413 g/mol. The minimum Gasteiger partial charge on any atom is -0.366 e. The van der Waals surface area contributed by atoms with Crippen LogP contribution in [-0.4, -0.2) is 41.9 Å². The number of rotatable bonds is 4. The summed E-state index contributed by atoms with van der Waals surface area (Å²) in [6.45, 7) is 0.808. The molecule has 2 fully saturated rings. The molecule has 2 aliphatic rings. The van der Waals surface area contributed by atoms with Crippen molar-refractivity contribution in [3.05, 3.63) is 33.9 Å². The molecule has 1 saturated carbocycles. The lowest BCUT2D eigenvalue weighted by molar-refractivity contribution is -0.384. The molecule has 0 bridgehead atoms. The molecule has 29 heavy (non-hydrogen) atoms. The minimum absolute atomic E-state index is 0.110. The fourth-order valence-corrected chi connectivity index (χ4v) is 4.42. The quantitative estimate of drug-likeness (QED) is 0.534. The Bertz CT molecular complexity index is 755. The van der Waals surface area contributed by atoms with Crippen LogP contribution in [0, 0.1) is 16.0 Å². The molecule has 3 rings (SSSR count). The summed E-state index contributed by atoms with van der Waals surface area (Å²) in [7, 11) is 1.85. The summed E-state index contributed by atoms with van der Waals surface area (Å²) in [5.74, 6) is -0.0369. The average molecular weight is 413 g/mol. The van der Waals surface area contributed by atoms with E-state index in [1.807, 2.05) is 11.9 Å². The molecule has 0 N–H and O–H groups in total. The van der Waals surface area contributed by atoms with Gasteiger partial charge in [-0.1, -0.05) is 19.3 Å². The molecule has 1 aromatic rings. The van der Waals surface area contributed by atoms with Crippen LogP contribution in [0.3, 0.4) is 0 Å². The van der Waals surface area contributed by atoms with Gasteiger partial charge in [0.25, 0.3) is 5.69 Å². The highest BCUT2D eigenvalue weighted by Gasteiger charge is 2.35. The van der Waals surface area contributed by atoms with Crippen molar-refractivity contribution in [1.82, 2.24) is 4.90 Å². The summed E-state index contributed by atoms with van der Waals surface area (Å²) in [6.07, 6.45) is 1.98. The minimum atomic E-state index is -4.63. The first kappa shape index (κ1) is 21.4. The lowest BCUT2D eigenvalue weighted by Crippen LogP contribution is -2.45. The van der Waals surface area contributed by atoms with Crippen molar-refractivity contribution in [2.24, 2.45) is 5.92 Å². The smallest absolute Gasteiger partial charge is 0.366 e. The lowest BCUT2D eigenvalue weighted by atomic mass is 9.91. The van der Waals surface area contributed by atoms with E-state index in [2.05, 4.69) is 0 Å². The normalized spacial score (nSPS) is 19.2. The maximum Gasteiger partial charge on any atom is 0.416 e. The number of alkyl halides is 3. The SMILES string of the molecule is CN(C(=O)C1CCN(c2ccc(C(F)(F)F)cc2[N+](=O)[O-])CC1)C1CCCCC1. The van der Waals surface area contributed by atoms with Crippen molar-refractivity contribution in [2.45, 2.75) is 57.2 Å². The molecule has 1 aromatic carbocycles. The third-order valence-corrected chi connectivity index (χ3v) is 6.15. The fraction of sp³-hybridized carbons (Fsp3) is 0.650. The van der Waals surface area contributed by atoms with E-state index in [0.29, 0.717) is 32.0 Å². The van der Waals surface area contributed by atoms with Gasteiger partial charge in [0, 0.05) is 38.2 Å². The molecule has 1 amide bonds. The number of carbonyl (C=O) groups excluding carboxylic acids is 1. The molecule has 1 aliphatic heterocycles. The van der Waals surface area contributed by atoms with E-state index in [4.69, 9.17) is 0 Å². The fourth-order valence-electron chi connectivity index (χ4n) is 4.42. The molecule has 0 unspecified atom stereocenters. The Kier molecular flexibility index (Phi) is 6.33. The zero-order valence-electron chi connectivity index (χ0n) is 16.5. The van der Waals surface area contributed by atoms with E-state index in [1.165, 1.54) is 6.42 Å². The van der Waals surface area contributed by atoms with E-state index < -0.39 is 22.4 Å². The average Bonchev–Trinajstić information content (AvgIpc) is 2.72. The second-order valence-corrected chi connectivity index (χ2v) is 7.96. The molecular formula is C20H26F3N3O3. The molecule has 1 saturated heterocycles. The van der Waals surface area contributed by atoms with Gasteiger partial charge in [0.15, 0.2) is 0 Å². The number of benzene rings is 1. The summed E-state index contributed by atoms with van der Waals surface area (Å²) in [5, 5.41) is 11.3. The van der Waals surface area contributed by atoms with Crippen molar-refractivity contribution in [2.75, 3.05) is 25.0 Å². The van der Waals surface area contributed by atoms with Crippen LogP contribution in [0.4, 0.5) is 24.5 Å². The predicted molar refractivity (Wildman–Crippen MR) is 103 cm³/mol. The molecule has 0 aromatic heterocycles. The number of hydrogen-bond donors (Lipinski definition) is 0. The van der Waals surface area contributed by atoms with E-state index in [-0.39, 0.29) is 23.6 Å². The number of carbonyl (C=O) groups is 1. The summed E-state index contributed by atoms with van der Waals surface area (Å²) in [4.78, 5) is 27.0. The standard InChI is InChI=1S/C20H26F3N3O3/c1-24(16-5-3-2-4-6-16)19(27)14-9-11-25(12-10-14)17-8-7-15(20(21,22)23)13-18(17)26(28)29/h7-8,13-14,16H,2-6,9-12H2,1H3. The molecular weight excluding hydrogens is 387 g/mol. The molecule has 1 aliphatic carbocycles. The Morgan fingerprint density at radius 3 is 2.31 bits per heavy atom. The summed E-state index contributed by atoms with van der Waals surface area (Å²) in [5.41, 5.74) is -1.41. The van der Waals surface area contributed by atoms with E-state index >= 15 is 0 Å². The van der Waals surface area contributed by atoms with Gasteiger partial charge in [-0.05, 0) is 37.8 Å². The topological polar surface area (TPSA) is 66.7 Å². The zero-order chi connectivity index (χ0) is 21.2. The Hall–Kier alpha value is -2.32. The number of anilines is 1. The van der Waals surface area contributed by atoms with E-state index in [1.54, 1.807) is 4.90 Å². The Balaban J connectivity index is 1.67. The van der Waals surface area contributed by atoms with Gasteiger partial charge in [-0.2, -0.15) is 13.2 Å². The largest absolute Gasteiger partial charge is 0.416 e. The number of amides is 1. The van der Waals surface area contributed by atoms with Crippen LogP contribution < -0.4 is 4.90 Å². The van der Waals surface area contributed by atoms with Crippen molar-refractivity contribution in [3.8, 4) is 0 Å². The van der Waals surface area contributed by atoms with Crippen LogP contribution in [0.25, 0.3) is 0 Å². The van der Waals surface area contributed by atoms with Gasteiger partial charge in [-0.3, -0.25) is 14.9 Å². The number of piperidine rings is 1. The predicted octanol–water partition coefficient (Wildman–Crippen LogP) is 4.62. The van der Waals surface area contributed by atoms with Crippen LogP contribution in [0.2, 0.25) is 0 Å². The van der Waals surface area contributed by atoms with Crippen LogP contribution in [0.5, 0.6) is 0 Å². The van der Waals surface area contributed by atoms with Crippen molar-refractivity contribution in [1.29, 1.82) is 0 Å². The summed E-state index contributed by atoms with van der Waals surface area (Å²) < 4.78 is 38.7. The van der Waals surface area contributed by atoms with Crippen LogP contribution in [0.15, 0.2) is 18.2 Å². The lowest BCUT2D eigenvalue weighted by Gasteiger charge is -2.37. The number of halogens is 3. The maximum absolute atomic E-state index is 12.9. The zero-order valence-corrected chi connectivity index (χ0v) is 16.5. The highest BCUT2D eigenvalue weighted by Crippen LogP contribution is 2.38. The van der Waals surface area contributed by atoms with Gasteiger partial charge in [-0.25, -0.2) is 0 Å². The molecule has 0 spiro atoms. The number of hydrogen-bond acceptors (Lipinski definition) is 4. The van der Waals surface area contributed by atoms with Crippen molar-refractivity contribution >= 4 is 17.3 Å². The molecule has 160 valence electrons. The third-order valence-electron chi connectivity index (χ3n) is 6.15. The van der Waals surface area contributed by atoms with Gasteiger partial charge in [0.05, 0.1) is 10.5 Å². The van der Waals surface area contributed by atoms with Gasteiger partial charge in [-0.15, -0.1) is 0 Å². The molecule has 0 atom stereocenters. The Labute approximate surface area is 167 Å². The van der Waals surface area contributed by atoms with Gasteiger partial charge in [0.2, 0.25) is 5.91 Å². The highest BCUT2D eigenvalue weighted by molar-refractivity contribution is 5.79. The Morgan fingerprint density at radius 2 is 1.76 bits per heavy atom. The molecule has 1 heterocycles. The summed E-state index contributed by atoms with van der Waals surface area (Å²) >= 11 is 0. The molecule has 6 nitrogen and oxygen atoms in total. The Morgan fingerprint density at radius 1 is 1.14 bits per heavy atom. The van der Waals surface area contributed by atoms with Gasteiger partial charge in [0.1, 0.15) is 5.69 Å². The number of nitro groups is 1.